The van der Waals surface area contributed by atoms with Crippen LogP contribution in [0.3, 0.4) is 0 Å². The van der Waals surface area contributed by atoms with Crippen LogP contribution in [0, 0.1) is 23.5 Å². The molecular formula is C79H99F2N19O14S8. The van der Waals surface area contributed by atoms with E-state index in [-0.39, 0.29) is 74.7 Å². The first kappa shape index (κ1) is 88.3. The average molecular weight is 1830 g/mol. The van der Waals surface area contributed by atoms with Crippen LogP contribution in [0.1, 0.15) is 186 Å². The van der Waals surface area contributed by atoms with Crippen LogP contribution in [-0.4, -0.2) is 193 Å². The van der Waals surface area contributed by atoms with Crippen LogP contribution < -0.4 is 37.8 Å². The quantitative estimate of drug-likeness (QED) is 0.0367. The molecular weight excluding hydrogens is 1730 g/mol. The molecule has 6 N–H and O–H groups in total. The average Bonchev–Trinajstić information content (AvgIpc) is 1.04. The molecule has 0 radical (unpaired) electrons. The number of halogens is 2. The molecule has 0 amide bonds. The molecule has 0 aliphatic carbocycles. The number of aliphatic hydroxyl groups excluding tert-OH is 2. The van der Waals surface area contributed by atoms with Gasteiger partial charge in [-0.1, -0.05) is 38.8 Å². The lowest BCUT2D eigenvalue weighted by atomic mass is 9.87. The third kappa shape index (κ3) is 20.2. The minimum absolute atomic E-state index is 0.0677. The summed E-state index contributed by atoms with van der Waals surface area (Å²) in [5.74, 6) is 1.58. The highest BCUT2D eigenvalue weighted by Crippen LogP contribution is 2.50. The number of aromatic nitrogens is 11. The molecule has 0 unspecified atom stereocenters. The van der Waals surface area contributed by atoms with Crippen molar-refractivity contribution in [2.45, 2.75) is 184 Å². The van der Waals surface area contributed by atoms with E-state index in [0.717, 1.165) is 172 Å². The minimum atomic E-state index is -4.17. The van der Waals surface area contributed by atoms with Gasteiger partial charge in [-0.2, -0.15) is 27.7 Å². The van der Waals surface area contributed by atoms with Crippen molar-refractivity contribution in [2.75, 3.05) is 84.7 Å². The van der Waals surface area contributed by atoms with E-state index in [0.29, 0.717) is 102 Å². The molecule has 10 atom stereocenters. The molecule has 33 nitrogen and oxygen atoms in total. The predicted octanol–water partition coefficient (Wildman–Crippen LogP) is 12.4. The molecule has 656 valence electrons. The monoisotopic (exact) mass is 1830 g/mol. The summed E-state index contributed by atoms with van der Waals surface area (Å²) in [5.41, 5.74) is 5.66. The van der Waals surface area contributed by atoms with Gasteiger partial charge in [0.25, 0.3) is 40.1 Å². The van der Waals surface area contributed by atoms with Crippen LogP contribution in [0.15, 0.2) is 136 Å². The molecule has 0 spiro atoms. The molecule has 18 rings (SSSR count). The van der Waals surface area contributed by atoms with Crippen LogP contribution in [0.5, 0.6) is 23.0 Å². The van der Waals surface area contributed by atoms with Gasteiger partial charge in [0.15, 0.2) is 0 Å². The summed E-state index contributed by atoms with van der Waals surface area (Å²) in [7, 11) is -11.9. The molecule has 14 heterocycles. The van der Waals surface area contributed by atoms with Gasteiger partial charge >= 0.3 is 0 Å². The van der Waals surface area contributed by atoms with Crippen molar-refractivity contribution in [3.8, 4) is 23.0 Å². The van der Waals surface area contributed by atoms with Gasteiger partial charge < -0.3 is 29.2 Å². The van der Waals surface area contributed by atoms with E-state index in [1.807, 2.05) is 47.7 Å². The molecule has 4 aromatic carbocycles. The summed E-state index contributed by atoms with van der Waals surface area (Å²) >= 11 is 3.85. The predicted molar refractivity (Wildman–Crippen MR) is 456 cm³/mol. The molecule has 4 fully saturated rings. The van der Waals surface area contributed by atoms with Gasteiger partial charge in [-0.15, -0.1) is 0 Å². The lowest BCUT2D eigenvalue weighted by Gasteiger charge is -2.45. The summed E-state index contributed by atoms with van der Waals surface area (Å²) in [6.45, 7) is 10.6. The standard InChI is InChI=1S/C22H26FN5O3S2.C21H25FN6O3S2.2C18H24N4O4S2/c1-14-5-9-28(19(11-14)18-3-7-24-27(18)2)17-6-10-31-20-13-21(16(23)12-15(17)20)33(29,30)26-22-4-8-25-32-22;1-13-4-7-28(18(9-13)17-3-6-24-27(17)2)16-5-8-31-19-11-20(15(22)10-14(16)19)33(29,30)26-21-23-12-25-32-21;2*23-9-6-13-3-1-2-8-22(13)16-7-10-26-17-11-14(4-5-15(16)17)28(24,25)21-18-19-12-20-27-18/h3-4,7-8,12-14,17,19,26H,5-6,9-11H2,1-2H3;3,6,10-13,16,18H,4-5,7-9H2,1-2H3,(H,23,25,26);2*4-5,11-13,16,23H,1-3,6-10H2,(H,19,20,21)/t14-,17+,19+;13-,16-,18+;13-,16+;13-,16-/m0110/s1. The van der Waals surface area contributed by atoms with Gasteiger partial charge in [0.2, 0.25) is 15.4 Å². The zero-order valence-corrected chi connectivity index (χ0v) is 74.2. The summed E-state index contributed by atoms with van der Waals surface area (Å²) < 4.78 is 184. The number of fused-ring (bicyclic) bond motifs is 4. The van der Waals surface area contributed by atoms with E-state index in [2.05, 4.69) is 95.0 Å². The number of rotatable bonds is 22. The third-order valence-electron chi connectivity index (χ3n) is 23.8. The number of likely N-dealkylation sites (tertiary alicyclic amines) is 4. The smallest absolute Gasteiger partial charge is 0.266 e. The molecule has 4 saturated heterocycles. The number of ether oxygens (including phenoxy) is 4. The van der Waals surface area contributed by atoms with Crippen molar-refractivity contribution in [1.29, 1.82) is 0 Å². The second-order valence-corrected chi connectivity index (χ2v) is 41.4. The van der Waals surface area contributed by atoms with Crippen molar-refractivity contribution < 1.29 is 71.6 Å². The summed E-state index contributed by atoms with van der Waals surface area (Å²) in [6, 6.07) is 22.2. The maximum absolute atomic E-state index is 15.2. The maximum atomic E-state index is 15.2. The van der Waals surface area contributed by atoms with Crippen molar-refractivity contribution in [3.63, 3.8) is 0 Å². The Morgan fingerprint density at radius 3 is 1.18 bits per heavy atom. The maximum Gasteiger partial charge on any atom is 0.266 e. The highest BCUT2D eigenvalue weighted by molar-refractivity contribution is 7.93. The second kappa shape index (κ2) is 38.9. The summed E-state index contributed by atoms with van der Waals surface area (Å²) in [6.07, 6.45) is 24.5. The van der Waals surface area contributed by atoms with Gasteiger partial charge in [0.05, 0.1) is 59.7 Å². The van der Waals surface area contributed by atoms with Gasteiger partial charge in [-0.05, 0) is 156 Å². The number of benzene rings is 4. The van der Waals surface area contributed by atoms with Gasteiger partial charge in [0.1, 0.15) is 68.4 Å². The number of nitrogens with zero attached hydrogens (tertiary/aromatic N) is 15. The fraction of sp³-hybridized carbons (Fsp3) is 0.506. The summed E-state index contributed by atoms with van der Waals surface area (Å²) in [4.78, 5) is 20.7. The van der Waals surface area contributed by atoms with Gasteiger partial charge in [-0.25, -0.2) is 57.4 Å². The fourth-order valence-corrected chi connectivity index (χ4v) is 25.0. The molecule has 122 heavy (non-hydrogen) atoms. The zero-order chi connectivity index (χ0) is 85.5. The lowest BCUT2D eigenvalue weighted by Crippen LogP contribution is -2.44. The number of nitrogens with one attached hydrogen (secondary N) is 4. The van der Waals surface area contributed by atoms with E-state index in [4.69, 9.17) is 18.9 Å². The van der Waals surface area contributed by atoms with Gasteiger partial charge in [0, 0.05) is 189 Å². The molecule has 6 aromatic heterocycles. The first-order chi connectivity index (χ1) is 58.8. The van der Waals surface area contributed by atoms with Crippen molar-refractivity contribution in [2.24, 2.45) is 25.9 Å². The first-order valence-corrected chi connectivity index (χ1v) is 49.8. The molecule has 0 bridgehead atoms. The number of piperidine rings is 4. The Kier molecular flexibility index (Phi) is 28.2. The Morgan fingerprint density at radius 2 is 0.811 bits per heavy atom. The molecule has 43 heteroatoms. The largest absolute Gasteiger partial charge is 0.493 e. The van der Waals surface area contributed by atoms with E-state index >= 15 is 8.78 Å². The Hall–Kier alpha value is -8.57. The lowest BCUT2D eigenvalue weighted by molar-refractivity contribution is 0.0447. The van der Waals surface area contributed by atoms with E-state index in [1.165, 1.54) is 68.4 Å². The third-order valence-corrected chi connectivity index (χ3v) is 32.2. The fourth-order valence-electron chi connectivity index (χ4n) is 18.0. The number of aryl methyl sites for hydroxylation is 2. The molecule has 0 saturated carbocycles. The SMILES string of the molecule is C[C@@H]1CCN([C@@H]2CCOc3cc(S(=O)(=O)Nc4ncns4)c(F)cc32)[C@H](c2ccnn2C)C1.C[C@H]1CCN([C@@H]2CCOc3cc(S(=O)(=O)Nc4ccns4)c(F)cc32)[C@@H](c2ccnn2C)C1.O=S(=O)(Nc1ncns1)c1ccc2c(c1)OCC[C@@H]2N1CCCC[C@@H]1CCO.O=S(=O)(Nc1ncns1)c1ccc2c(c1)OCC[C@@H]2N1CCCC[C@H]1CCO. The zero-order valence-electron chi connectivity index (χ0n) is 67.7. The minimum Gasteiger partial charge on any atom is -0.493 e. The van der Waals surface area contributed by atoms with Crippen LogP contribution in [0.2, 0.25) is 0 Å². The molecule has 8 aliphatic rings. The van der Waals surface area contributed by atoms with Crippen LogP contribution in [-0.2, 0) is 54.2 Å². The van der Waals surface area contributed by atoms with Crippen LogP contribution >= 0.6 is 46.1 Å². The van der Waals surface area contributed by atoms with Crippen molar-refractivity contribution in [1.82, 2.24) is 71.6 Å². The van der Waals surface area contributed by atoms with Crippen molar-refractivity contribution >= 4 is 107 Å². The number of hydrogen-bond donors (Lipinski definition) is 6. The van der Waals surface area contributed by atoms with E-state index in [9.17, 15) is 43.9 Å². The Balaban J connectivity index is 0.000000127. The van der Waals surface area contributed by atoms with E-state index < -0.39 is 61.5 Å². The second-order valence-electron chi connectivity index (χ2n) is 31.5. The van der Waals surface area contributed by atoms with Gasteiger partial charge in [-0.3, -0.25) is 47.9 Å². The number of aliphatic hydroxyl groups is 2. The summed E-state index contributed by atoms with van der Waals surface area (Å²) in [5, 5.41) is 28.4. The Bertz CT molecular complexity index is 5320. The van der Waals surface area contributed by atoms with E-state index in [1.54, 1.807) is 36.7 Å². The normalized spacial score (nSPS) is 23.4. The topological polar surface area (TPSA) is 401 Å². The Labute approximate surface area is 724 Å². The highest BCUT2D eigenvalue weighted by atomic mass is 32.2. The van der Waals surface area contributed by atoms with Crippen LogP contribution in [0.25, 0.3) is 0 Å². The highest BCUT2D eigenvalue weighted by Gasteiger charge is 2.43. The Morgan fingerprint density at radius 1 is 0.418 bits per heavy atom. The van der Waals surface area contributed by atoms with Crippen LogP contribution in [0.4, 0.5) is 29.2 Å². The molecule has 8 aliphatic heterocycles. The number of hydrogen-bond acceptors (Lipinski definition) is 31. The number of sulfonamides is 4. The number of anilines is 4. The van der Waals surface area contributed by atoms with Crippen molar-refractivity contribution in [3.05, 3.63) is 162 Å². The molecule has 10 aromatic rings. The first-order valence-electron chi connectivity index (χ1n) is 40.8.